The number of carbonyl (C=O) groups excluding carboxylic acids is 2. The molecular formula is C23H35N3O5. The van der Waals surface area contributed by atoms with Gasteiger partial charge in [0, 0.05) is 24.9 Å². The van der Waals surface area contributed by atoms with Crippen LogP contribution in [0.15, 0.2) is 18.2 Å². The lowest BCUT2D eigenvalue weighted by Gasteiger charge is -2.39. The van der Waals surface area contributed by atoms with Gasteiger partial charge in [0.25, 0.3) is 0 Å². The van der Waals surface area contributed by atoms with Crippen molar-refractivity contribution >= 4 is 18.0 Å². The normalized spacial score (nSPS) is 19.9. The molecule has 31 heavy (non-hydrogen) atoms. The van der Waals surface area contributed by atoms with E-state index in [0.717, 1.165) is 31.4 Å². The standard InChI is InChI=1S/C23H35N3O5/c1-15-9-8-10-17(24-15)13-16(14-20(27)28)21(29)26(5)19-12-7-6-11-18(19)25-22(30)31-23(2,3)4/h8-10,16,18-19H,6-7,11-14H2,1-5H3,(H,25,30)(H,27,28)/t16?,18-,19-/m0/s1. The molecule has 0 aromatic carbocycles. The van der Waals surface area contributed by atoms with E-state index < -0.39 is 23.6 Å². The van der Waals surface area contributed by atoms with Gasteiger partial charge >= 0.3 is 12.1 Å². The van der Waals surface area contributed by atoms with Crippen LogP contribution in [0.3, 0.4) is 0 Å². The van der Waals surface area contributed by atoms with Gasteiger partial charge in [-0.25, -0.2) is 4.79 Å². The molecule has 0 bridgehead atoms. The number of aromatic nitrogens is 1. The first-order valence-corrected chi connectivity index (χ1v) is 10.9. The second-order valence-electron chi connectivity index (χ2n) is 9.32. The Bertz CT molecular complexity index is 790. The molecule has 2 amide bonds. The Morgan fingerprint density at radius 3 is 2.55 bits per heavy atom. The molecule has 0 saturated heterocycles. The summed E-state index contributed by atoms with van der Waals surface area (Å²) in [5.74, 6) is -1.99. The van der Waals surface area contributed by atoms with Gasteiger partial charge in [-0.3, -0.25) is 14.6 Å². The first-order chi connectivity index (χ1) is 14.5. The number of pyridine rings is 1. The number of carboxylic acid groups (broad SMARTS) is 1. The van der Waals surface area contributed by atoms with E-state index in [4.69, 9.17) is 4.74 Å². The molecule has 1 saturated carbocycles. The molecule has 0 aliphatic heterocycles. The van der Waals surface area contributed by atoms with Gasteiger partial charge in [0.15, 0.2) is 0 Å². The quantitative estimate of drug-likeness (QED) is 0.683. The summed E-state index contributed by atoms with van der Waals surface area (Å²) < 4.78 is 5.38. The Hall–Kier alpha value is -2.64. The molecule has 2 rings (SSSR count). The van der Waals surface area contributed by atoms with Crippen LogP contribution in [-0.4, -0.2) is 57.7 Å². The van der Waals surface area contributed by atoms with Crippen LogP contribution < -0.4 is 5.32 Å². The van der Waals surface area contributed by atoms with Crippen molar-refractivity contribution in [3.63, 3.8) is 0 Å². The fourth-order valence-electron chi connectivity index (χ4n) is 4.08. The van der Waals surface area contributed by atoms with Crippen LogP contribution in [0.2, 0.25) is 0 Å². The van der Waals surface area contributed by atoms with Crippen molar-refractivity contribution in [1.29, 1.82) is 0 Å². The Morgan fingerprint density at radius 2 is 1.94 bits per heavy atom. The fourth-order valence-corrected chi connectivity index (χ4v) is 4.08. The molecule has 1 heterocycles. The summed E-state index contributed by atoms with van der Waals surface area (Å²) in [7, 11) is 1.70. The first kappa shape index (κ1) is 24.6. The van der Waals surface area contributed by atoms with Crippen LogP contribution in [0.1, 0.15) is 64.3 Å². The number of hydrogen-bond acceptors (Lipinski definition) is 5. The van der Waals surface area contributed by atoms with Crippen LogP contribution in [0.4, 0.5) is 4.79 Å². The maximum Gasteiger partial charge on any atom is 0.407 e. The second kappa shape index (κ2) is 10.6. The van der Waals surface area contributed by atoms with Gasteiger partial charge in [0.1, 0.15) is 5.60 Å². The van der Waals surface area contributed by atoms with Gasteiger partial charge in [-0.15, -0.1) is 0 Å². The number of likely N-dealkylation sites (N-methyl/N-ethyl adjacent to an activating group) is 1. The molecule has 1 aliphatic carbocycles. The van der Waals surface area contributed by atoms with Crippen LogP contribution in [-0.2, 0) is 20.7 Å². The molecule has 1 aromatic heterocycles. The summed E-state index contributed by atoms with van der Waals surface area (Å²) in [5, 5.41) is 12.3. The number of aliphatic carboxylic acids is 1. The zero-order chi connectivity index (χ0) is 23.2. The Labute approximate surface area is 184 Å². The van der Waals surface area contributed by atoms with Gasteiger partial charge in [0.05, 0.1) is 24.4 Å². The lowest BCUT2D eigenvalue weighted by Crippen LogP contribution is -2.55. The maximum atomic E-state index is 13.3. The zero-order valence-electron chi connectivity index (χ0n) is 19.2. The molecule has 172 valence electrons. The number of ether oxygens (including phenoxy) is 1. The third kappa shape index (κ3) is 7.84. The van der Waals surface area contributed by atoms with Crippen LogP contribution in [0.25, 0.3) is 0 Å². The molecule has 2 N–H and O–H groups in total. The maximum absolute atomic E-state index is 13.3. The minimum atomic E-state index is -1.02. The molecule has 1 fully saturated rings. The van der Waals surface area contributed by atoms with Crippen molar-refractivity contribution in [3.05, 3.63) is 29.6 Å². The summed E-state index contributed by atoms with van der Waals surface area (Å²) >= 11 is 0. The number of amides is 2. The van der Waals surface area contributed by atoms with Crippen molar-refractivity contribution in [3.8, 4) is 0 Å². The lowest BCUT2D eigenvalue weighted by atomic mass is 9.88. The van der Waals surface area contributed by atoms with Crippen molar-refractivity contribution in [2.24, 2.45) is 5.92 Å². The van der Waals surface area contributed by atoms with Crippen molar-refractivity contribution < 1.29 is 24.2 Å². The highest BCUT2D eigenvalue weighted by Gasteiger charge is 2.36. The van der Waals surface area contributed by atoms with Crippen LogP contribution in [0.5, 0.6) is 0 Å². The molecule has 1 unspecified atom stereocenters. The predicted octanol–water partition coefficient (Wildman–Crippen LogP) is 3.32. The minimum Gasteiger partial charge on any atom is -0.481 e. The number of nitrogens with zero attached hydrogens (tertiary/aromatic N) is 2. The van der Waals surface area contributed by atoms with Crippen molar-refractivity contribution in [1.82, 2.24) is 15.2 Å². The van der Waals surface area contributed by atoms with E-state index in [2.05, 4.69) is 10.3 Å². The van der Waals surface area contributed by atoms with E-state index in [1.807, 2.05) is 25.1 Å². The van der Waals surface area contributed by atoms with E-state index >= 15 is 0 Å². The average Bonchev–Trinajstić information content (AvgIpc) is 2.65. The predicted molar refractivity (Wildman–Crippen MR) is 117 cm³/mol. The molecule has 8 nitrogen and oxygen atoms in total. The largest absolute Gasteiger partial charge is 0.481 e. The third-order valence-corrected chi connectivity index (χ3v) is 5.45. The average molecular weight is 434 g/mol. The van der Waals surface area contributed by atoms with Crippen LogP contribution in [0, 0.1) is 12.8 Å². The van der Waals surface area contributed by atoms with Crippen molar-refractivity contribution in [2.45, 2.75) is 83.9 Å². The highest BCUT2D eigenvalue weighted by molar-refractivity contribution is 5.83. The topological polar surface area (TPSA) is 109 Å². The van der Waals surface area contributed by atoms with Gasteiger partial charge in [0.2, 0.25) is 5.91 Å². The van der Waals surface area contributed by atoms with Gasteiger partial charge in [-0.2, -0.15) is 0 Å². The van der Waals surface area contributed by atoms with Gasteiger partial charge < -0.3 is 20.1 Å². The Morgan fingerprint density at radius 1 is 1.26 bits per heavy atom. The Kier molecular flexibility index (Phi) is 8.42. The highest BCUT2D eigenvalue weighted by atomic mass is 16.6. The zero-order valence-corrected chi connectivity index (χ0v) is 19.2. The van der Waals surface area contributed by atoms with E-state index in [0.29, 0.717) is 5.69 Å². The molecule has 1 aliphatic rings. The highest BCUT2D eigenvalue weighted by Crippen LogP contribution is 2.26. The Balaban J connectivity index is 2.14. The number of hydrogen-bond donors (Lipinski definition) is 2. The fraction of sp³-hybridized carbons (Fsp3) is 0.652. The molecule has 0 spiro atoms. The third-order valence-electron chi connectivity index (χ3n) is 5.45. The minimum absolute atomic E-state index is 0.212. The number of nitrogens with one attached hydrogen (secondary N) is 1. The molecule has 3 atom stereocenters. The van der Waals surface area contributed by atoms with E-state index in [-0.39, 0.29) is 30.8 Å². The number of carboxylic acids is 1. The summed E-state index contributed by atoms with van der Waals surface area (Å²) in [6, 6.07) is 5.07. The summed E-state index contributed by atoms with van der Waals surface area (Å²) in [6.07, 6.45) is 2.86. The molecule has 8 heteroatoms. The van der Waals surface area contributed by atoms with Crippen molar-refractivity contribution in [2.75, 3.05) is 7.05 Å². The SMILES string of the molecule is Cc1cccc(CC(CC(=O)O)C(=O)N(C)[C@H]2CCCC[C@@H]2NC(=O)OC(C)(C)C)n1. The monoisotopic (exact) mass is 433 g/mol. The number of alkyl carbamates (subject to hydrolysis) is 1. The number of rotatable bonds is 7. The van der Waals surface area contributed by atoms with E-state index in [1.165, 1.54) is 0 Å². The number of aryl methyl sites for hydroxylation is 1. The summed E-state index contributed by atoms with van der Waals surface area (Å²) in [6.45, 7) is 7.27. The van der Waals surface area contributed by atoms with Gasteiger partial charge in [-0.1, -0.05) is 18.9 Å². The summed E-state index contributed by atoms with van der Waals surface area (Å²) in [4.78, 5) is 43.1. The van der Waals surface area contributed by atoms with Crippen LogP contribution >= 0.6 is 0 Å². The summed E-state index contributed by atoms with van der Waals surface area (Å²) in [5.41, 5.74) is 0.907. The van der Waals surface area contributed by atoms with Gasteiger partial charge in [-0.05, 0) is 52.7 Å². The number of carbonyl (C=O) groups is 3. The lowest BCUT2D eigenvalue weighted by molar-refractivity contribution is -0.145. The van der Waals surface area contributed by atoms with E-state index in [9.17, 15) is 19.5 Å². The van der Waals surface area contributed by atoms with E-state index in [1.54, 1.807) is 32.7 Å². The smallest absolute Gasteiger partial charge is 0.407 e. The molecule has 0 radical (unpaired) electrons. The first-order valence-electron chi connectivity index (χ1n) is 10.9. The molecule has 1 aromatic rings. The molecular weight excluding hydrogens is 398 g/mol. The second-order valence-corrected chi connectivity index (χ2v) is 9.32.